The van der Waals surface area contributed by atoms with Gasteiger partial charge in [-0.2, -0.15) is 0 Å². The third-order valence-corrected chi connectivity index (χ3v) is 3.55. The number of hydrogen-bond donors (Lipinski definition) is 2. The van der Waals surface area contributed by atoms with Gasteiger partial charge in [0, 0.05) is 12.7 Å². The van der Waals surface area contributed by atoms with E-state index in [0.717, 1.165) is 11.4 Å². The molecule has 0 saturated carbocycles. The summed E-state index contributed by atoms with van der Waals surface area (Å²) in [5.41, 5.74) is 1.28. The van der Waals surface area contributed by atoms with Gasteiger partial charge < -0.3 is 15.4 Å². The van der Waals surface area contributed by atoms with Crippen LogP contribution in [0.25, 0.3) is 0 Å². The van der Waals surface area contributed by atoms with Crippen LogP contribution in [0.2, 0.25) is 0 Å². The number of benzene rings is 2. The van der Waals surface area contributed by atoms with E-state index in [4.69, 9.17) is 4.74 Å². The number of carbonyl (C=O) groups excluding carboxylic acids is 1. The van der Waals surface area contributed by atoms with Crippen LogP contribution in [-0.4, -0.2) is 17.4 Å². The van der Waals surface area contributed by atoms with Gasteiger partial charge in [-0.3, -0.25) is 4.79 Å². The standard InChI is InChI=1S/C21H19N3O2/c1-2-14-22-21(25)16-12-13-20(23-15-16)24-18-10-6-7-11-19(18)26-17-8-4-3-5-9-17/h2-13,15H,1,14H2,(H,22,25)(H,23,24). The van der Waals surface area contributed by atoms with Crippen LogP contribution < -0.4 is 15.4 Å². The van der Waals surface area contributed by atoms with E-state index in [9.17, 15) is 4.79 Å². The van der Waals surface area contributed by atoms with Crippen molar-refractivity contribution in [1.82, 2.24) is 10.3 Å². The minimum Gasteiger partial charge on any atom is -0.455 e. The molecule has 0 fully saturated rings. The molecule has 3 rings (SSSR count). The van der Waals surface area contributed by atoms with Crippen molar-refractivity contribution in [3.63, 3.8) is 0 Å². The second-order valence-electron chi connectivity index (χ2n) is 5.47. The van der Waals surface area contributed by atoms with Gasteiger partial charge in [-0.15, -0.1) is 6.58 Å². The maximum absolute atomic E-state index is 11.9. The molecule has 0 radical (unpaired) electrons. The highest BCUT2D eigenvalue weighted by Gasteiger charge is 2.08. The summed E-state index contributed by atoms with van der Waals surface area (Å²) in [5, 5.41) is 5.93. The Bertz CT molecular complexity index is 877. The molecule has 5 nitrogen and oxygen atoms in total. The van der Waals surface area contributed by atoms with Crippen molar-refractivity contribution < 1.29 is 9.53 Å². The predicted octanol–water partition coefficient (Wildman–Crippen LogP) is 4.53. The average molecular weight is 345 g/mol. The first-order chi connectivity index (χ1) is 12.8. The number of rotatable bonds is 7. The number of pyridine rings is 1. The van der Waals surface area contributed by atoms with Gasteiger partial charge in [-0.25, -0.2) is 4.98 Å². The smallest absolute Gasteiger partial charge is 0.253 e. The first-order valence-corrected chi connectivity index (χ1v) is 8.20. The second-order valence-corrected chi connectivity index (χ2v) is 5.47. The molecule has 0 aliphatic rings. The van der Waals surface area contributed by atoms with Crippen LogP contribution in [0.1, 0.15) is 10.4 Å². The Hall–Kier alpha value is -3.60. The molecule has 0 spiro atoms. The lowest BCUT2D eigenvalue weighted by molar-refractivity contribution is 0.0957. The van der Waals surface area contributed by atoms with Gasteiger partial charge in [0.15, 0.2) is 5.75 Å². The van der Waals surface area contributed by atoms with Crippen molar-refractivity contribution in [2.45, 2.75) is 0 Å². The Labute approximate surface area is 152 Å². The van der Waals surface area contributed by atoms with Gasteiger partial charge in [0.1, 0.15) is 11.6 Å². The van der Waals surface area contributed by atoms with Crippen molar-refractivity contribution in [3.05, 3.63) is 91.1 Å². The molecule has 3 aromatic rings. The summed E-state index contributed by atoms with van der Waals surface area (Å²) in [5.74, 6) is 1.88. The van der Waals surface area contributed by atoms with E-state index in [1.54, 1.807) is 18.2 Å². The molecule has 0 bridgehead atoms. The fourth-order valence-electron chi connectivity index (χ4n) is 2.28. The van der Waals surface area contributed by atoms with E-state index in [1.807, 2.05) is 54.6 Å². The number of hydrogen-bond acceptors (Lipinski definition) is 4. The third-order valence-electron chi connectivity index (χ3n) is 3.55. The van der Waals surface area contributed by atoms with Crippen molar-refractivity contribution in [2.75, 3.05) is 11.9 Å². The van der Waals surface area contributed by atoms with E-state index in [1.165, 1.54) is 6.20 Å². The van der Waals surface area contributed by atoms with Crippen LogP contribution in [0.4, 0.5) is 11.5 Å². The number of ether oxygens (including phenoxy) is 1. The van der Waals surface area contributed by atoms with Crippen molar-refractivity contribution in [3.8, 4) is 11.5 Å². The molecule has 0 aliphatic carbocycles. The van der Waals surface area contributed by atoms with E-state index in [2.05, 4.69) is 22.2 Å². The number of para-hydroxylation sites is 3. The summed E-state index contributed by atoms with van der Waals surface area (Å²) < 4.78 is 5.92. The van der Waals surface area contributed by atoms with E-state index >= 15 is 0 Å². The molecule has 1 amide bonds. The lowest BCUT2D eigenvalue weighted by atomic mass is 10.2. The average Bonchev–Trinajstić information content (AvgIpc) is 2.69. The molecule has 26 heavy (non-hydrogen) atoms. The van der Waals surface area contributed by atoms with Crippen LogP contribution in [0, 0.1) is 0 Å². The molecule has 1 aromatic heterocycles. The van der Waals surface area contributed by atoms with Crippen molar-refractivity contribution in [1.29, 1.82) is 0 Å². The predicted molar refractivity (Wildman–Crippen MR) is 103 cm³/mol. The number of anilines is 2. The zero-order chi connectivity index (χ0) is 18.2. The van der Waals surface area contributed by atoms with Crippen LogP contribution in [0.3, 0.4) is 0 Å². The third kappa shape index (κ3) is 4.48. The molecule has 130 valence electrons. The molecular formula is C21H19N3O2. The summed E-state index contributed by atoms with van der Waals surface area (Å²) in [6, 6.07) is 20.6. The summed E-state index contributed by atoms with van der Waals surface area (Å²) in [6.07, 6.45) is 3.16. The molecule has 0 saturated heterocycles. The zero-order valence-electron chi connectivity index (χ0n) is 14.2. The first-order valence-electron chi connectivity index (χ1n) is 8.20. The monoisotopic (exact) mass is 345 g/mol. The molecule has 1 heterocycles. The normalized spacial score (nSPS) is 10.0. The number of amides is 1. The summed E-state index contributed by atoms with van der Waals surface area (Å²) in [6.45, 7) is 3.99. The van der Waals surface area contributed by atoms with Gasteiger partial charge in [-0.1, -0.05) is 36.4 Å². The molecule has 0 atom stereocenters. The van der Waals surface area contributed by atoms with Gasteiger partial charge in [-0.05, 0) is 36.4 Å². The quantitative estimate of drug-likeness (QED) is 0.617. The van der Waals surface area contributed by atoms with Crippen LogP contribution in [-0.2, 0) is 0 Å². The fourth-order valence-corrected chi connectivity index (χ4v) is 2.28. The lowest BCUT2D eigenvalue weighted by Crippen LogP contribution is -2.23. The van der Waals surface area contributed by atoms with Gasteiger partial charge in [0.05, 0.1) is 11.3 Å². The summed E-state index contributed by atoms with van der Waals surface area (Å²) >= 11 is 0. The topological polar surface area (TPSA) is 63.2 Å². The van der Waals surface area contributed by atoms with Crippen LogP contribution in [0.5, 0.6) is 11.5 Å². The Balaban J connectivity index is 1.73. The molecule has 0 aliphatic heterocycles. The van der Waals surface area contributed by atoms with Gasteiger partial charge >= 0.3 is 0 Å². The number of carbonyl (C=O) groups is 1. The minimum atomic E-state index is -0.184. The number of aromatic nitrogens is 1. The van der Waals surface area contributed by atoms with Crippen LogP contribution >= 0.6 is 0 Å². The molecule has 0 unspecified atom stereocenters. The molecule has 2 aromatic carbocycles. The van der Waals surface area contributed by atoms with Crippen molar-refractivity contribution in [2.24, 2.45) is 0 Å². The van der Waals surface area contributed by atoms with Gasteiger partial charge in [0.2, 0.25) is 0 Å². The summed E-state index contributed by atoms with van der Waals surface area (Å²) in [7, 11) is 0. The molecular weight excluding hydrogens is 326 g/mol. The Morgan fingerprint density at radius 2 is 1.81 bits per heavy atom. The highest BCUT2D eigenvalue weighted by atomic mass is 16.5. The maximum Gasteiger partial charge on any atom is 0.253 e. The molecule has 2 N–H and O–H groups in total. The highest BCUT2D eigenvalue weighted by Crippen LogP contribution is 2.30. The minimum absolute atomic E-state index is 0.184. The van der Waals surface area contributed by atoms with E-state index in [0.29, 0.717) is 23.7 Å². The highest BCUT2D eigenvalue weighted by molar-refractivity contribution is 5.94. The van der Waals surface area contributed by atoms with Gasteiger partial charge in [0.25, 0.3) is 5.91 Å². The second kappa shape index (κ2) is 8.48. The number of nitrogens with zero attached hydrogens (tertiary/aromatic N) is 1. The van der Waals surface area contributed by atoms with Crippen molar-refractivity contribution >= 4 is 17.4 Å². The van der Waals surface area contributed by atoms with Crippen LogP contribution in [0.15, 0.2) is 85.6 Å². The molecule has 5 heteroatoms. The lowest BCUT2D eigenvalue weighted by Gasteiger charge is -2.12. The SMILES string of the molecule is C=CCNC(=O)c1ccc(Nc2ccccc2Oc2ccccc2)nc1. The van der Waals surface area contributed by atoms with E-state index in [-0.39, 0.29) is 5.91 Å². The number of nitrogens with one attached hydrogen (secondary N) is 2. The fraction of sp³-hybridized carbons (Fsp3) is 0.0476. The largest absolute Gasteiger partial charge is 0.455 e. The maximum atomic E-state index is 11.9. The summed E-state index contributed by atoms with van der Waals surface area (Å²) in [4.78, 5) is 16.2. The Morgan fingerprint density at radius 3 is 2.54 bits per heavy atom. The Kier molecular flexibility index (Phi) is 5.62. The first kappa shape index (κ1) is 17.2. The Morgan fingerprint density at radius 1 is 1.04 bits per heavy atom. The van der Waals surface area contributed by atoms with E-state index < -0.39 is 0 Å². The zero-order valence-corrected chi connectivity index (χ0v) is 14.2.